The van der Waals surface area contributed by atoms with E-state index in [0.717, 1.165) is 0 Å². The van der Waals surface area contributed by atoms with Crippen LogP contribution in [0.4, 0.5) is 0 Å². The zero-order chi connectivity index (χ0) is 9.78. The molecule has 0 N–H and O–H groups in total. The van der Waals surface area contributed by atoms with Crippen molar-refractivity contribution < 1.29 is 0 Å². The molecule has 0 nitrogen and oxygen atoms in total. The summed E-state index contributed by atoms with van der Waals surface area (Å²) >= 11 is 1.97. The lowest BCUT2D eigenvalue weighted by Gasteiger charge is -1.95. The van der Waals surface area contributed by atoms with Gasteiger partial charge in [0.2, 0.25) is 0 Å². The zero-order valence-electron chi connectivity index (χ0n) is 9.22. The minimum Gasteiger partial charge on any atom is -0.134 e. The van der Waals surface area contributed by atoms with Crippen molar-refractivity contribution in [1.82, 2.24) is 0 Å². The predicted octanol–water partition coefficient (Wildman–Crippen LogP) is 5.00. The van der Waals surface area contributed by atoms with Crippen LogP contribution in [0.2, 0.25) is 0 Å². The standard InChI is InChI=1S/C12H24S/c1-3-5-7-9-11-13-12-10-8-6-4-2/h9,11H,3-8,10,12H2,1-2H3/b11-9+. The van der Waals surface area contributed by atoms with Gasteiger partial charge in [-0.2, -0.15) is 0 Å². The first-order valence-electron chi connectivity index (χ1n) is 5.68. The Bertz CT molecular complexity index is 108. The second kappa shape index (κ2) is 12.1. The number of hydrogen-bond donors (Lipinski definition) is 0. The fraction of sp³-hybridized carbons (Fsp3) is 0.833. The molecule has 0 aliphatic heterocycles. The summed E-state index contributed by atoms with van der Waals surface area (Å²) in [4.78, 5) is 0. The molecule has 0 unspecified atom stereocenters. The molecule has 0 saturated carbocycles. The smallest absolute Gasteiger partial charge is 0.00261 e. The molecule has 1 heteroatoms. The van der Waals surface area contributed by atoms with Crippen molar-refractivity contribution in [2.75, 3.05) is 5.75 Å². The summed E-state index contributed by atoms with van der Waals surface area (Å²) in [7, 11) is 0. The van der Waals surface area contributed by atoms with Gasteiger partial charge in [0.15, 0.2) is 0 Å². The van der Waals surface area contributed by atoms with Crippen molar-refractivity contribution in [2.45, 2.75) is 58.8 Å². The second-order valence-electron chi connectivity index (χ2n) is 3.45. The van der Waals surface area contributed by atoms with Gasteiger partial charge in [0.25, 0.3) is 0 Å². The molecule has 0 rings (SSSR count). The fourth-order valence-electron chi connectivity index (χ4n) is 1.14. The third-order valence-electron chi connectivity index (χ3n) is 2.03. The van der Waals surface area contributed by atoms with E-state index in [1.54, 1.807) is 0 Å². The van der Waals surface area contributed by atoms with E-state index in [0.29, 0.717) is 0 Å². The minimum atomic E-state index is 1.26. The van der Waals surface area contributed by atoms with Gasteiger partial charge < -0.3 is 0 Å². The molecule has 0 amide bonds. The van der Waals surface area contributed by atoms with E-state index in [4.69, 9.17) is 0 Å². The Morgan fingerprint density at radius 3 is 2.38 bits per heavy atom. The lowest BCUT2D eigenvalue weighted by atomic mass is 10.2. The zero-order valence-corrected chi connectivity index (χ0v) is 10.0. The van der Waals surface area contributed by atoms with E-state index in [1.165, 1.54) is 50.7 Å². The van der Waals surface area contributed by atoms with Crippen LogP contribution >= 0.6 is 11.8 Å². The highest BCUT2D eigenvalue weighted by Gasteiger charge is 1.86. The number of hydrogen-bond acceptors (Lipinski definition) is 1. The molecule has 0 radical (unpaired) electrons. The highest BCUT2D eigenvalue weighted by atomic mass is 32.2. The van der Waals surface area contributed by atoms with Gasteiger partial charge in [-0.15, -0.1) is 11.8 Å². The summed E-state index contributed by atoms with van der Waals surface area (Å²) in [6, 6.07) is 0. The molecule has 0 aliphatic carbocycles. The molecule has 78 valence electrons. The average Bonchev–Trinajstić information content (AvgIpc) is 2.16. The molecule has 13 heavy (non-hydrogen) atoms. The molecule has 0 aliphatic rings. The maximum Gasteiger partial charge on any atom is -0.00261 e. The third kappa shape index (κ3) is 12.1. The molecular weight excluding hydrogens is 176 g/mol. The van der Waals surface area contributed by atoms with Gasteiger partial charge in [-0.3, -0.25) is 0 Å². The lowest BCUT2D eigenvalue weighted by Crippen LogP contribution is -1.78. The first-order valence-corrected chi connectivity index (χ1v) is 6.73. The Labute approximate surface area is 88.2 Å². The molecule has 0 saturated heterocycles. The van der Waals surface area contributed by atoms with Crippen molar-refractivity contribution in [3.63, 3.8) is 0 Å². The van der Waals surface area contributed by atoms with Crippen molar-refractivity contribution >= 4 is 11.8 Å². The van der Waals surface area contributed by atoms with Crippen LogP contribution in [0, 0.1) is 0 Å². The predicted molar refractivity (Wildman–Crippen MR) is 65.3 cm³/mol. The van der Waals surface area contributed by atoms with Crippen LogP contribution in [0.15, 0.2) is 11.5 Å². The number of allylic oxidation sites excluding steroid dienone is 1. The second-order valence-corrected chi connectivity index (χ2v) is 4.46. The Morgan fingerprint density at radius 2 is 1.69 bits per heavy atom. The van der Waals surface area contributed by atoms with Gasteiger partial charge in [-0.25, -0.2) is 0 Å². The highest BCUT2D eigenvalue weighted by molar-refractivity contribution is 8.02. The van der Waals surface area contributed by atoms with Crippen molar-refractivity contribution in [1.29, 1.82) is 0 Å². The Hall–Kier alpha value is 0.0900. The monoisotopic (exact) mass is 200 g/mol. The van der Waals surface area contributed by atoms with Gasteiger partial charge in [0, 0.05) is 0 Å². The van der Waals surface area contributed by atoms with E-state index in [-0.39, 0.29) is 0 Å². The van der Waals surface area contributed by atoms with Crippen molar-refractivity contribution in [3.8, 4) is 0 Å². The minimum absolute atomic E-state index is 1.26. The Morgan fingerprint density at radius 1 is 0.923 bits per heavy atom. The topological polar surface area (TPSA) is 0 Å². The molecule has 0 bridgehead atoms. The molecule has 0 heterocycles. The lowest BCUT2D eigenvalue weighted by molar-refractivity contribution is 0.707. The molecule has 0 atom stereocenters. The van der Waals surface area contributed by atoms with E-state index in [1.807, 2.05) is 11.8 Å². The summed E-state index contributed by atoms with van der Waals surface area (Å²) in [6.45, 7) is 4.50. The van der Waals surface area contributed by atoms with Gasteiger partial charge in [0.05, 0.1) is 0 Å². The summed E-state index contributed by atoms with van der Waals surface area (Å²) in [5.74, 6) is 1.31. The normalized spacial score (nSPS) is 11.2. The van der Waals surface area contributed by atoms with Crippen LogP contribution in [0.1, 0.15) is 58.8 Å². The summed E-state index contributed by atoms with van der Waals surface area (Å²) in [6.07, 6.45) is 11.8. The van der Waals surface area contributed by atoms with Crippen LogP contribution in [0.5, 0.6) is 0 Å². The summed E-state index contributed by atoms with van der Waals surface area (Å²) in [5, 5.41) is 2.28. The first kappa shape index (κ1) is 13.1. The van der Waals surface area contributed by atoms with E-state index >= 15 is 0 Å². The summed E-state index contributed by atoms with van der Waals surface area (Å²) < 4.78 is 0. The Balaban J connectivity index is 2.93. The molecule has 0 aromatic heterocycles. The number of unbranched alkanes of at least 4 members (excludes halogenated alkanes) is 5. The molecule has 0 aromatic rings. The van der Waals surface area contributed by atoms with Gasteiger partial charge >= 0.3 is 0 Å². The first-order chi connectivity index (χ1) is 6.41. The van der Waals surface area contributed by atoms with Crippen LogP contribution in [-0.4, -0.2) is 5.75 Å². The van der Waals surface area contributed by atoms with Crippen molar-refractivity contribution in [2.24, 2.45) is 0 Å². The van der Waals surface area contributed by atoms with Gasteiger partial charge in [-0.1, -0.05) is 52.0 Å². The number of thioether (sulfide) groups is 1. The summed E-state index contributed by atoms with van der Waals surface area (Å²) in [5.41, 5.74) is 0. The quantitative estimate of drug-likeness (QED) is 0.472. The van der Waals surface area contributed by atoms with Gasteiger partial charge in [0.1, 0.15) is 0 Å². The maximum atomic E-state index is 2.31. The largest absolute Gasteiger partial charge is 0.134 e. The van der Waals surface area contributed by atoms with Crippen LogP contribution < -0.4 is 0 Å². The highest BCUT2D eigenvalue weighted by Crippen LogP contribution is 2.09. The van der Waals surface area contributed by atoms with Crippen LogP contribution in [0.3, 0.4) is 0 Å². The molecule has 0 fully saturated rings. The van der Waals surface area contributed by atoms with Crippen molar-refractivity contribution in [3.05, 3.63) is 11.5 Å². The molecule has 0 spiro atoms. The van der Waals surface area contributed by atoms with Crippen LogP contribution in [-0.2, 0) is 0 Å². The van der Waals surface area contributed by atoms with Crippen LogP contribution in [0.25, 0.3) is 0 Å². The van der Waals surface area contributed by atoms with E-state index in [9.17, 15) is 0 Å². The third-order valence-corrected chi connectivity index (χ3v) is 2.94. The van der Waals surface area contributed by atoms with E-state index < -0.39 is 0 Å². The Kier molecular flexibility index (Phi) is 12.2. The van der Waals surface area contributed by atoms with E-state index in [2.05, 4.69) is 25.3 Å². The average molecular weight is 200 g/mol. The van der Waals surface area contributed by atoms with Gasteiger partial charge in [-0.05, 0) is 24.0 Å². The fourth-order valence-corrected chi connectivity index (χ4v) is 1.92. The SMILES string of the molecule is CCCC/C=C/SCCCCCC. The maximum absolute atomic E-state index is 2.31. The molecule has 0 aromatic carbocycles. The molecular formula is C12H24S. The number of rotatable bonds is 9.